The minimum atomic E-state index is 0.595. The standard InChI is InChI=1S/C16H18N2O/c1-12-14-7-8-17-9-15(14)16(10-18-12)19-11-13-5-3-2-4-6-13/h2-6,10,17H,7-9,11H2,1H3. The average Bonchev–Trinajstić information content (AvgIpc) is 2.48. The van der Waals surface area contributed by atoms with Crippen LogP contribution in [-0.2, 0) is 19.6 Å². The molecule has 1 aliphatic heterocycles. The number of ether oxygens (including phenoxy) is 1. The Balaban J connectivity index is 1.81. The second-order valence-electron chi connectivity index (χ2n) is 4.87. The summed E-state index contributed by atoms with van der Waals surface area (Å²) in [5.41, 5.74) is 4.93. The molecule has 1 aromatic heterocycles. The van der Waals surface area contributed by atoms with Crippen molar-refractivity contribution in [1.29, 1.82) is 0 Å². The molecule has 0 saturated carbocycles. The molecule has 0 spiro atoms. The van der Waals surface area contributed by atoms with Gasteiger partial charge in [0.25, 0.3) is 0 Å². The third kappa shape index (κ3) is 2.61. The lowest BCUT2D eigenvalue weighted by atomic mass is 10.00. The van der Waals surface area contributed by atoms with Crippen LogP contribution in [0.5, 0.6) is 5.75 Å². The number of hydrogen-bond donors (Lipinski definition) is 1. The highest BCUT2D eigenvalue weighted by Gasteiger charge is 2.16. The van der Waals surface area contributed by atoms with Crippen molar-refractivity contribution in [3.8, 4) is 5.75 Å². The molecule has 0 bridgehead atoms. The van der Waals surface area contributed by atoms with E-state index in [0.29, 0.717) is 6.61 Å². The number of hydrogen-bond acceptors (Lipinski definition) is 3. The number of rotatable bonds is 3. The molecule has 0 unspecified atom stereocenters. The Bertz CT molecular complexity index is 566. The lowest BCUT2D eigenvalue weighted by Crippen LogP contribution is -2.25. The third-order valence-corrected chi connectivity index (χ3v) is 3.56. The van der Waals surface area contributed by atoms with Gasteiger partial charge in [-0.05, 0) is 31.0 Å². The number of nitrogens with zero attached hydrogens (tertiary/aromatic N) is 1. The minimum absolute atomic E-state index is 0.595. The van der Waals surface area contributed by atoms with E-state index in [0.717, 1.165) is 31.0 Å². The van der Waals surface area contributed by atoms with Gasteiger partial charge < -0.3 is 10.1 Å². The zero-order chi connectivity index (χ0) is 13.1. The predicted octanol–water partition coefficient (Wildman–Crippen LogP) is 2.61. The van der Waals surface area contributed by atoms with Crippen LogP contribution in [0, 0.1) is 6.92 Å². The summed E-state index contributed by atoms with van der Waals surface area (Å²) in [6, 6.07) is 10.2. The molecule has 0 aliphatic carbocycles. The van der Waals surface area contributed by atoms with Crippen molar-refractivity contribution in [3.63, 3.8) is 0 Å². The maximum Gasteiger partial charge on any atom is 0.142 e. The summed E-state index contributed by atoms with van der Waals surface area (Å²) in [6.45, 7) is 4.57. The smallest absolute Gasteiger partial charge is 0.142 e. The first-order valence-corrected chi connectivity index (χ1v) is 6.69. The second kappa shape index (κ2) is 5.41. The van der Waals surface area contributed by atoms with E-state index >= 15 is 0 Å². The number of aromatic nitrogens is 1. The van der Waals surface area contributed by atoms with Crippen LogP contribution in [0.3, 0.4) is 0 Å². The molecule has 2 heterocycles. The fourth-order valence-corrected chi connectivity index (χ4v) is 2.49. The fourth-order valence-electron chi connectivity index (χ4n) is 2.49. The molecule has 1 aromatic carbocycles. The van der Waals surface area contributed by atoms with Crippen molar-refractivity contribution in [2.75, 3.05) is 6.54 Å². The molecule has 0 amide bonds. The van der Waals surface area contributed by atoms with E-state index < -0.39 is 0 Å². The van der Waals surface area contributed by atoms with Gasteiger partial charge >= 0.3 is 0 Å². The molecule has 3 heteroatoms. The lowest BCUT2D eigenvalue weighted by molar-refractivity contribution is 0.299. The largest absolute Gasteiger partial charge is 0.487 e. The van der Waals surface area contributed by atoms with Gasteiger partial charge in [-0.3, -0.25) is 4.98 Å². The number of aryl methyl sites for hydroxylation is 1. The van der Waals surface area contributed by atoms with E-state index in [1.54, 1.807) is 0 Å². The van der Waals surface area contributed by atoms with Gasteiger partial charge in [0.15, 0.2) is 0 Å². The molecule has 1 aliphatic rings. The number of nitrogens with one attached hydrogen (secondary N) is 1. The Labute approximate surface area is 113 Å². The normalized spacial score (nSPS) is 13.9. The van der Waals surface area contributed by atoms with Crippen LogP contribution in [0.15, 0.2) is 36.5 Å². The van der Waals surface area contributed by atoms with Gasteiger partial charge in [-0.15, -0.1) is 0 Å². The number of benzene rings is 1. The molecule has 2 aromatic rings. The summed E-state index contributed by atoms with van der Waals surface area (Å²) < 4.78 is 5.94. The summed E-state index contributed by atoms with van der Waals surface area (Å²) >= 11 is 0. The maximum absolute atomic E-state index is 5.94. The van der Waals surface area contributed by atoms with E-state index in [1.807, 2.05) is 24.4 Å². The molecular formula is C16H18N2O. The summed E-state index contributed by atoms with van der Waals surface area (Å²) in [4.78, 5) is 4.45. The van der Waals surface area contributed by atoms with E-state index in [9.17, 15) is 0 Å². The van der Waals surface area contributed by atoms with Gasteiger partial charge in [0, 0.05) is 17.8 Å². The summed E-state index contributed by atoms with van der Waals surface area (Å²) in [6.07, 6.45) is 2.89. The Kier molecular flexibility index (Phi) is 3.47. The molecule has 0 atom stereocenters. The second-order valence-corrected chi connectivity index (χ2v) is 4.87. The molecule has 0 radical (unpaired) electrons. The third-order valence-electron chi connectivity index (χ3n) is 3.56. The Morgan fingerprint density at radius 3 is 2.89 bits per heavy atom. The van der Waals surface area contributed by atoms with Crippen LogP contribution in [-0.4, -0.2) is 11.5 Å². The molecular weight excluding hydrogens is 236 g/mol. The first-order valence-electron chi connectivity index (χ1n) is 6.69. The molecule has 1 N–H and O–H groups in total. The molecule has 98 valence electrons. The topological polar surface area (TPSA) is 34.1 Å². The molecule has 0 saturated heterocycles. The van der Waals surface area contributed by atoms with Crippen LogP contribution < -0.4 is 10.1 Å². The van der Waals surface area contributed by atoms with Crippen molar-refractivity contribution in [2.24, 2.45) is 0 Å². The molecule has 3 nitrogen and oxygen atoms in total. The first kappa shape index (κ1) is 12.2. The van der Waals surface area contributed by atoms with Crippen LogP contribution in [0.2, 0.25) is 0 Å². The van der Waals surface area contributed by atoms with E-state index in [2.05, 4.69) is 29.4 Å². The van der Waals surface area contributed by atoms with Crippen molar-refractivity contribution in [3.05, 3.63) is 58.9 Å². The van der Waals surface area contributed by atoms with Crippen LogP contribution in [0.25, 0.3) is 0 Å². The number of fused-ring (bicyclic) bond motifs is 1. The highest BCUT2D eigenvalue weighted by Crippen LogP contribution is 2.26. The predicted molar refractivity (Wildman–Crippen MR) is 75.2 cm³/mol. The Morgan fingerprint density at radius 2 is 2.05 bits per heavy atom. The first-order chi connectivity index (χ1) is 9.34. The highest BCUT2D eigenvalue weighted by atomic mass is 16.5. The van der Waals surface area contributed by atoms with Crippen molar-refractivity contribution in [1.82, 2.24) is 10.3 Å². The maximum atomic E-state index is 5.94. The minimum Gasteiger partial charge on any atom is -0.487 e. The summed E-state index contributed by atoms with van der Waals surface area (Å²) in [5.74, 6) is 0.914. The van der Waals surface area contributed by atoms with Crippen LogP contribution >= 0.6 is 0 Å². The zero-order valence-electron chi connectivity index (χ0n) is 11.1. The zero-order valence-corrected chi connectivity index (χ0v) is 11.1. The van der Waals surface area contributed by atoms with Crippen LogP contribution in [0.4, 0.5) is 0 Å². The van der Waals surface area contributed by atoms with Crippen LogP contribution in [0.1, 0.15) is 22.4 Å². The van der Waals surface area contributed by atoms with Gasteiger partial charge in [-0.25, -0.2) is 0 Å². The highest BCUT2D eigenvalue weighted by molar-refractivity contribution is 5.42. The van der Waals surface area contributed by atoms with Gasteiger partial charge in [0.05, 0.1) is 6.20 Å². The quantitative estimate of drug-likeness (QED) is 0.914. The Hall–Kier alpha value is -1.87. The molecule has 0 fully saturated rings. The van der Waals surface area contributed by atoms with Gasteiger partial charge in [0.1, 0.15) is 12.4 Å². The average molecular weight is 254 g/mol. The van der Waals surface area contributed by atoms with Gasteiger partial charge in [0.2, 0.25) is 0 Å². The van der Waals surface area contributed by atoms with Crippen molar-refractivity contribution in [2.45, 2.75) is 26.5 Å². The summed E-state index contributed by atoms with van der Waals surface area (Å²) in [7, 11) is 0. The lowest BCUT2D eigenvalue weighted by Gasteiger charge is -2.21. The molecule has 3 rings (SSSR count). The van der Waals surface area contributed by atoms with Gasteiger partial charge in [-0.2, -0.15) is 0 Å². The van der Waals surface area contributed by atoms with Crippen molar-refractivity contribution < 1.29 is 4.74 Å². The molecule has 19 heavy (non-hydrogen) atoms. The van der Waals surface area contributed by atoms with E-state index in [1.165, 1.54) is 16.7 Å². The monoisotopic (exact) mass is 254 g/mol. The van der Waals surface area contributed by atoms with E-state index in [-0.39, 0.29) is 0 Å². The SMILES string of the molecule is Cc1ncc(OCc2ccccc2)c2c1CCNC2. The fraction of sp³-hybridized carbons (Fsp3) is 0.312. The summed E-state index contributed by atoms with van der Waals surface area (Å²) in [5, 5.41) is 3.40. The Morgan fingerprint density at radius 1 is 1.21 bits per heavy atom. The van der Waals surface area contributed by atoms with Crippen molar-refractivity contribution >= 4 is 0 Å². The number of pyridine rings is 1. The van der Waals surface area contributed by atoms with E-state index in [4.69, 9.17) is 4.74 Å². The van der Waals surface area contributed by atoms with Gasteiger partial charge in [-0.1, -0.05) is 30.3 Å².